The predicted octanol–water partition coefficient (Wildman–Crippen LogP) is 2.09. The van der Waals surface area contributed by atoms with E-state index >= 15 is 0 Å². The summed E-state index contributed by atoms with van der Waals surface area (Å²) in [5.74, 6) is 0. The third-order valence-corrected chi connectivity index (χ3v) is 1.45. The predicted molar refractivity (Wildman–Crippen MR) is 38.5 cm³/mol. The summed E-state index contributed by atoms with van der Waals surface area (Å²) in [6.07, 6.45) is -0.0556. The molecule has 1 heterocycles. The van der Waals surface area contributed by atoms with E-state index in [0.717, 1.165) is 6.20 Å². The van der Waals surface area contributed by atoms with E-state index in [1.165, 1.54) is 12.3 Å². The summed E-state index contributed by atoms with van der Waals surface area (Å²) < 4.78 is 24.4. The van der Waals surface area contributed by atoms with Crippen molar-refractivity contribution < 1.29 is 8.78 Å². The van der Waals surface area contributed by atoms with Crippen LogP contribution in [0.15, 0.2) is 18.5 Å². The maximum absolute atomic E-state index is 12.2. The zero-order chi connectivity index (χ0) is 8.97. The highest BCUT2D eigenvalue weighted by molar-refractivity contribution is 5.26. The molecule has 0 aliphatic heterocycles. The first-order valence-corrected chi connectivity index (χ1v) is 3.33. The lowest BCUT2D eigenvalue weighted by Gasteiger charge is -2.02. The van der Waals surface area contributed by atoms with Gasteiger partial charge in [-0.05, 0) is 11.6 Å². The van der Waals surface area contributed by atoms with Crippen molar-refractivity contribution in [2.75, 3.05) is 0 Å². The molecule has 0 bridgehead atoms. The van der Waals surface area contributed by atoms with Crippen molar-refractivity contribution in [1.29, 1.82) is 5.26 Å². The van der Waals surface area contributed by atoms with Gasteiger partial charge in [-0.25, -0.2) is 8.78 Å². The van der Waals surface area contributed by atoms with Gasteiger partial charge in [0.05, 0.1) is 12.5 Å². The van der Waals surface area contributed by atoms with Gasteiger partial charge in [-0.1, -0.05) is 0 Å². The van der Waals surface area contributed by atoms with Crippen molar-refractivity contribution in [1.82, 2.24) is 4.98 Å². The summed E-state index contributed by atoms with van der Waals surface area (Å²) in [6, 6.07) is 3.25. The summed E-state index contributed by atoms with van der Waals surface area (Å²) in [6.45, 7) is 0. The van der Waals surface area contributed by atoms with Crippen LogP contribution in [-0.4, -0.2) is 4.98 Å². The second kappa shape index (κ2) is 3.77. The van der Waals surface area contributed by atoms with E-state index in [1.807, 2.05) is 6.07 Å². The number of rotatable bonds is 2. The first kappa shape index (κ1) is 8.60. The van der Waals surface area contributed by atoms with Crippen LogP contribution in [0.2, 0.25) is 0 Å². The summed E-state index contributed by atoms with van der Waals surface area (Å²) in [7, 11) is 0. The molecule has 62 valence electrons. The largest absolute Gasteiger partial charge is 0.265 e. The Morgan fingerprint density at radius 2 is 2.33 bits per heavy atom. The molecular formula is C8H6F2N2. The van der Waals surface area contributed by atoms with Crippen molar-refractivity contribution >= 4 is 0 Å². The average molecular weight is 168 g/mol. The van der Waals surface area contributed by atoms with Gasteiger partial charge in [-0.2, -0.15) is 5.26 Å². The highest BCUT2D eigenvalue weighted by atomic mass is 19.3. The van der Waals surface area contributed by atoms with Gasteiger partial charge in [0.25, 0.3) is 6.43 Å². The van der Waals surface area contributed by atoms with Gasteiger partial charge in [-0.3, -0.25) is 4.98 Å². The van der Waals surface area contributed by atoms with Crippen molar-refractivity contribution in [3.05, 3.63) is 29.6 Å². The van der Waals surface area contributed by atoms with Gasteiger partial charge >= 0.3 is 0 Å². The molecule has 2 nitrogen and oxygen atoms in total. The first-order valence-electron chi connectivity index (χ1n) is 3.33. The molecule has 1 aromatic rings. The number of hydrogen-bond donors (Lipinski definition) is 0. The first-order chi connectivity index (χ1) is 5.75. The fourth-order valence-electron chi connectivity index (χ4n) is 0.878. The molecule has 1 aromatic heterocycles. The number of halogens is 2. The molecule has 0 saturated heterocycles. The molecule has 0 unspecified atom stereocenters. The van der Waals surface area contributed by atoms with E-state index < -0.39 is 6.43 Å². The molecule has 1 rings (SSSR count). The maximum Gasteiger partial charge on any atom is 0.265 e. The molecule has 12 heavy (non-hydrogen) atoms. The molecule has 0 N–H and O–H groups in total. The Bertz CT molecular complexity index is 304. The van der Waals surface area contributed by atoms with Gasteiger partial charge in [0.2, 0.25) is 0 Å². The van der Waals surface area contributed by atoms with Gasteiger partial charge in [0, 0.05) is 18.0 Å². The minimum Gasteiger partial charge on any atom is -0.264 e. The quantitative estimate of drug-likeness (QED) is 0.677. The molecule has 0 amide bonds. The van der Waals surface area contributed by atoms with Crippen molar-refractivity contribution in [3.8, 4) is 6.07 Å². The van der Waals surface area contributed by atoms with E-state index in [9.17, 15) is 8.78 Å². The summed E-state index contributed by atoms with van der Waals surface area (Å²) in [5.41, 5.74) is 0.196. The molecular weight excluding hydrogens is 162 g/mol. The topological polar surface area (TPSA) is 36.7 Å². The highest BCUT2D eigenvalue weighted by Gasteiger charge is 2.11. The zero-order valence-corrected chi connectivity index (χ0v) is 6.17. The minimum atomic E-state index is -2.55. The van der Waals surface area contributed by atoms with Crippen LogP contribution in [0, 0.1) is 11.3 Å². The molecule has 0 aliphatic rings. The lowest BCUT2D eigenvalue weighted by atomic mass is 10.1. The Hall–Kier alpha value is -1.50. The van der Waals surface area contributed by atoms with Crippen LogP contribution in [-0.2, 0) is 6.42 Å². The summed E-state index contributed by atoms with van der Waals surface area (Å²) in [4.78, 5) is 3.56. The lowest BCUT2D eigenvalue weighted by Crippen LogP contribution is -1.94. The van der Waals surface area contributed by atoms with E-state index in [2.05, 4.69) is 4.98 Å². The Morgan fingerprint density at radius 1 is 1.58 bits per heavy atom. The van der Waals surface area contributed by atoms with Crippen LogP contribution in [0.1, 0.15) is 17.6 Å². The Balaban J connectivity index is 3.02. The standard InChI is InChI=1S/C8H6F2N2/c9-8(10)7-5-12-4-2-6(7)1-3-11/h2,4-5,8H,1H2. The molecule has 0 spiro atoms. The number of hydrogen-bond acceptors (Lipinski definition) is 2. The van der Waals surface area contributed by atoms with Gasteiger partial charge in [0.1, 0.15) is 0 Å². The summed E-state index contributed by atoms with van der Waals surface area (Å²) in [5, 5.41) is 8.31. The average Bonchev–Trinajstić information content (AvgIpc) is 2.05. The van der Waals surface area contributed by atoms with E-state index in [0.29, 0.717) is 5.56 Å². The van der Waals surface area contributed by atoms with Crippen molar-refractivity contribution in [2.24, 2.45) is 0 Å². The molecule has 4 heteroatoms. The maximum atomic E-state index is 12.2. The Labute approximate surface area is 68.5 Å². The van der Waals surface area contributed by atoms with Crippen molar-refractivity contribution in [3.63, 3.8) is 0 Å². The van der Waals surface area contributed by atoms with E-state index in [-0.39, 0.29) is 12.0 Å². The number of pyridine rings is 1. The molecule has 0 aliphatic carbocycles. The van der Waals surface area contributed by atoms with Gasteiger partial charge in [-0.15, -0.1) is 0 Å². The number of nitriles is 1. The lowest BCUT2D eigenvalue weighted by molar-refractivity contribution is 0.150. The highest BCUT2D eigenvalue weighted by Crippen LogP contribution is 2.21. The van der Waals surface area contributed by atoms with E-state index in [1.54, 1.807) is 0 Å². The van der Waals surface area contributed by atoms with Crippen LogP contribution < -0.4 is 0 Å². The molecule has 0 fully saturated rings. The molecule has 0 saturated carbocycles. The van der Waals surface area contributed by atoms with Crippen LogP contribution >= 0.6 is 0 Å². The van der Waals surface area contributed by atoms with E-state index in [4.69, 9.17) is 5.26 Å². The minimum absolute atomic E-state index is 0.00218. The van der Waals surface area contributed by atoms with Gasteiger partial charge in [0.15, 0.2) is 0 Å². The fourth-order valence-corrected chi connectivity index (χ4v) is 0.878. The van der Waals surface area contributed by atoms with Crippen LogP contribution in [0.5, 0.6) is 0 Å². The third-order valence-electron chi connectivity index (χ3n) is 1.45. The fraction of sp³-hybridized carbons (Fsp3) is 0.250. The van der Waals surface area contributed by atoms with Gasteiger partial charge < -0.3 is 0 Å². The second-order valence-electron chi connectivity index (χ2n) is 2.21. The Kier molecular flexibility index (Phi) is 2.70. The van der Waals surface area contributed by atoms with Crippen LogP contribution in [0.25, 0.3) is 0 Å². The molecule has 0 radical (unpaired) electrons. The van der Waals surface area contributed by atoms with Crippen LogP contribution in [0.3, 0.4) is 0 Å². The van der Waals surface area contributed by atoms with Crippen molar-refractivity contribution in [2.45, 2.75) is 12.8 Å². The third kappa shape index (κ3) is 1.76. The molecule has 0 atom stereocenters. The Morgan fingerprint density at radius 3 is 2.92 bits per heavy atom. The monoisotopic (exact) mass is 168 g/mol. The normalized spacial score (nSPS) is 9.83. The molecule has 0 aromatic carbocycles. The smallest absolute Gasteiger partial charge is 0.264 e. The summed E-state index contributed by atoms with van der Waals surface area (Å²) >= 11 is 0. The SMILES string of the molecule is N#CCc1ccncc1C(F)F. The second-order valence-corrected chi connectivity index (χ2v) is 2.21. The number of aromatic nitrogens is 1. The zero-order valence-electron chi connectivity index (χ0n) is 6.17. The number of alkyl halides is 2. The van der Waals surface area contributed by atoms with Crippen LogP contribution in [0.4, 0.5) is 8.78 Å². The number of nitrogens with zero attached hydrogens (tertiary/aromatic N) is 2.